The first-order valence-electron chi connectivity index (χ1n) is 9.89. The van der Waals surface area contributed by atoms with Crippen LogP contribution in [0.15, 0.2) is 83.3 Å². The highest BCUT2D eigenvalue weighted by Gasteiger charge is 2.28. The van der Waals surface area contributed by atoms with Crippen LogP contribution in [0.1, 0.15) is 42.1 Å². The molecule has 0 saturated heterocycles. The lowest BCUT2D eigenvalue weighted by atomic mass is 9.96. The summed E-state index contributed by atoms with van der Waals surface area (Å²) >= 11 is 3.55. The Bertz CT molecular complexity index is 963. The van der Waals surface area contributed by atoms with E-state index in [2.05, 4.69) is 52.0 Å². The summed E-state index contributed by atoms with van der Waals surface area (Å²) in [6, 6.07) is 25.9. The van der Waals surface area contributed by atoms with Gasteiger partial charge in [0.2, 0.25) is 0 Å². The second-order valence-corrected chi connectivity index (χ2v) is 8.11. The summed E-state index contributed by atoms with van der Waals surface area (Å²) in [7, 11) is 1.62. The number of benzene rings is 3. The first-order valence-corrected chi connectivity index (χ1v) is 10.7. The number of carbonyl (C=O) groups is 1. The highest BCUT2D eigenvalue weighted by Crippen LogP contribution is 2.37. The molecule has 3 rings (SSSR count). The molecule has 0 aliphatic rings. The molecule has 5 heteroatoms. The Morgan fingerprint density at radius 3 is 2.20 bits per heavy atom. The molecule has 0 aromatic heterocycles. The first-order chi connectivity index (χ1) is 14.5. The zero-order valence-electron chi connectivity index (χ0n) is 17.2. The number of rotatable bonds is 9. The fourth-order valence-corrected chi connectivity index (χ4v) is 4.27. The van der Waals surface area contributed by atoms with Gasteiger partial charge in [-0.05, 0) is 51.7 Å². The maximum absolute atomic E-state index is 11.8. The number of aliphatic carboxylic acids is 1. The molecule has 156 valence electrons. The van der Waals surface area contributed by atoms with Crippen LogP contribution in [0.2, 0.25) is 0 Å². The Kier molecular flexibility index (Phi) is 7.66. The van der Waals surface area contributed by atoms with Crippen LogP contribution in [0.25, 0.3) is 0 Å². The van der Waals surface area contributed by atoms with Crippen LogP contribution >= 0.6 is 15.9 Å². The zero-order valence-corrected chi connectivity index (χ0v) is 18.7. The van der Waals surface area contributed by atoms with Gasteiger partial charge in [0.25, 0.3) is 0 Å². The molecule has 0 amide bonds. The van der Waals surface area contributed by atoms with Gasteiger partial charge in [0.1, 0.15) is 5.75 Å². The zero-order chi connectivity index (χ0) is 21.5. The summed E-state index contributed by atoms with van der Waals surface area (Å²) in [6.07, 6.45) is 0.00275. The summed E-state index contributed by atoms with van der Waals surface area (Å²) in [6.45, 7) is 2.77. The van der Waals surface area contributed by atoms with Crippen LogP contribution in [-0.4, -0.2) is 23.1 Å². The maximum atomic E-state index is 11.8. The van der Waals surface area contributed by atoms with E-state index in [0.29, 0.717) is 6.54 Å². The fourth-order valence-electron chi connectivity index (χ4n) is 3.72. The lowest BCUT2D eigenvalue weighted by Crippen LogP contribution is -2.32. The normalized spacial score (nSPS) is 13.1. The van der Waals surface area contributed by atoms with E-state index in [4.69, 9.17) is 4.74 Å². The van der Waals surface area contributed by atoms with E-state index in [1.165, 1.54) is 0 Å². The van der Waals surface area contributed by atoms with Gasteiger partial charge in [0, 0.05) is 18.6 Å². The van der Waals surface area contributed by atoms with Crippen molar-refractivity contribution in [3.05, 3.63) is 100 Å². The minimum Gasteiger partial charge on any atom is -0.496 e. The van der Waals surface area contributed by atoms with Crippen molar-refractivity contribution in [1.82, 2.24) is 4.90 Å². The van der Waals surface area contributed by atoms with E-state index in [1.807, 2.05) is 54.6 Å². The largest absolute Gasteiger partial charge is 0.496 e. The van der Waals surface area contributed by atoms with Gasteiger partial charge in [-0.15, -0.1) is 0 Å². The highest BCUT2D eigenvalue weighted by molar-refractivity contribution is 9.10. The number of carboxylic acid groups (broad SMARTS) is 1. The highest BCUT2D eigenvalue weighted by atomic mass is 79.9. The third-order valence-electron chi connectivity index (χ3n) is 5.32. The summed E-state index contributed by atoms with van der Waals surface area (Å²) in [5, 5.41) is 9.72. The molecule has 0 spiro atoms. The smallest absolute Gasteiger partial charge is 0.305 e. The van der Waals surface area contributed by atoms with E-state index in [1.54, 1.807) is 7.11 Å². The second kappa shape index (κ2) is 10.4. The van der Waals surface area contributed by atoms with Crippen LogP contribution in [-0.2, 0) is 11.3 Å². The maximum Gasteiger partial charge on any atom is 0.305 e. The van der Waals surface area contributed by atoms with Crippen LogP contribution in [0.4, 0.5) is 0 Å². The molecule has 2 atom stereocenters. The van der Waals surface area contributed by atoms with Crippen molar-refractivity contribution in [3.63, 3.8) is 0 Å². The SMILES string of the molecule is COc1ccc([C@H](CC(=O)O)N(Cc2ccccc2)[C@H](C)c2ccccc2)cc1Br. The molecule has 0 fully saturated rings. The van der Waals surface area contributed by atoms with Gasteiger partial charge < -0.3 is 9.84 Å². The second-order valence-electron chi connectivity index (χ2n) is 7.25. The molecule has 0 heterocycles. The summed E-state index contributed by atoms with van der Waals surface area (Å²) in [5.41, 5.74) is 3.23. The van der Waals surface area contributed by atoms with Gasteiger partial charge in [0.15, 0.2) is 0 Å². The van der Waals surface area contributed by atoms with Gasteiger partial charge in [-0.2, -0.15) is 0 Å². The number of halogens is 1. The van der Waals surface area contributed by atoms with E-state index < -0.39 is 5.97 Å². The van der Waals surface area contributed by atoms with Crippen molar-refractivity contribution in [3.8, 4) is 5.75 Å². The molecule has 0 bridgehead atoms. The van der Waals surface area contributed by atoms with Crippen molar-refractivity contribution in [2.24, 2.45) is 0 Å². The first kappa shape index (κ1) is 22.1. The van der Waals surface area contributed by atoms with Gasteiger partial charge in [-0.1, -0.05) is 66.7 Å². The van der Waals surface area contributed by atoms with Crippen molar-refractivity contribution < 1.29 is 14.6 Å². The van der Waals surface area contributed by atoms with Gasteiger partial charge in [-0.25, -0.2) is 0 Å². The molecule has 1 N–H and O–H groups in total. The standard InChI is InChI=1S/C25H26BrNO3/c1-18(20-11-7-4-8-12-20)27(17-19-9-5-3-6-10-19)23(16-25(28)29)21-13-14-24(30-2)22(26)15-21/h3-15,18,23H,16-17H2,1-2H3,(H,28,29)/t18-,23+/m1/s1. The Balaban J connectivity index is 2.05. The predicted molar refractivity (Wildman–Crippen MR) is 123 cm³/mol. The molecule has 0 radical (unpaired) electrons. The molecule has 0 unspecified atom stereocenters. The number of hydrogen-bond acceptors (Lipinski definition) is 3. The molecular formula is C25H26BrNO3. The molecule has 3 aromatic carbocycles. The number of nitrogens with zero attached hydrogens (tertiary/aromatic N) is 1. The van der Waals surface area contributed by atoms with E-state index in [-0.39, 0.29) is 18.5 Å². The van der Waals surface area contributed by atoms with E-state index >= 15 is 0 Å². The quantitative estimate of drug-likeness (QED) is 0.404. The van der Waals surface area contributed by atoms with E-state index in [9.17, 15) is 9.90 Å². The Labute approximate surface area is 186 Å². The van der Waals surface area contributed by atoms with Gasteiger partial charge in [0.05, 0.1) is 18.0 Å². The van der Waals surface area contributed by atoms with Crippen LogP contribution < -0.4 is 4.74 Å². The summed E-state index contributed by atoms with van der Waals surface area (Å²) in [4.78, 5) is 14.1. The molecule has 0 saturated carbocycles. The van der Waals surface area contributed by atoms with Crippen LogP contribution in [0, 0.1) is 0 Å². The molecule has 3 aromatic rings. The lowest BCUT2D eigenvalue weighted by Gasteiger charge is -2.37. The topological polar surface area (TPSA) is 49.8 Å². The predicted octanol–water partition coefficient (Wildman–Crippen LogP) is 6.24. The van der Waals surface area contributed by atoms with Crippen LogP contribution in [0.3, 0.4) is 0 Å². The molecular weight excluding hydrogens is 442 g/mol. The molecule has 30 heavy (non-hydrogen) atoms. The van der Waals surface area contributed by atoms with Gasteiger partial charge >= 0.3 is 5.97 Å². The Morgan fingerprint density at radius 1 is 1.00 bits per heavy atom. The third-order valence-corrected chi connectivity index (χ3v) is 5.94. The van der Waals surface area contributed by atoms with E-state index in [0.717, 1.165) is 26.9 Å². The summed E-state index contributed by atoms with van der Waals surface area (Å²) < 4.78 is 6.17. The average Bonchev–Trinajstić information content (AvgIpc) is 2.76. The summed E-state index contributed by atoms with van der Waals surface area (Å²) in [5.74, 6) is -0.108. The Morgan fingerprint density at radius 2 is 1.63 bits per heavy atom. The minimum atomic E-state index is -0.828. The Hall–Kier alpha value is -2.63. The van der Waals surface area contributed by atoms with Crippen molar-refractivity contribution in [1.29, 1.82) is 0 Å². The molecule has 0 aliphatic carbocycles. The van der Waals surface area contributed by atoms with Crippen molar-refractivity contribution >= 4 is 21.9 Å². The van der Waals surface area contributed by atoms with Crippen molar-refractivity contribution in [2.45, 2.75) is 32.0 Å². The molecule has 4 nitrogen and oxygen atoms in total. The third kappa shape index (κ3) is 5.49. The number of hydrogen-bond donors (Lipinski definition) is 1. The van der Waals surface area contributed by atoms with Crippen LogP contribution in [0.5, 0.6) is 5.75 Å². The average molecular weight is 468 g/mol. The monoisotopic (exact) mass is 467 g/mol. The molecule has 0 aliphatic heterocycles. The number of methoxy groups -OCH3 is 1. The fraction of sp³-hybridized carbons (Fsp3) is 0.240. The minimum absolute atomic E-state index is 0.00275. The van der Waals surface area contributed by atoms with Crippen molar-refractivity contribution in [2.75, 3.05) is 7.11 Å². The lowest BCUT2D eigenvalue weighted by molar-refractivity contribution is -0.138. The number of ether oxygens (including phenoxy) is 1. The van der Waals surface area contributed by atoms with Gasteiger partial charge in [-0.3, -0.25) is 9.69 Å². The number of carboxylic acids is 1.